The zero-order valence-corrected chi connectivity index (χ0v) is 13.0. The predicted octanol–water partition coefficient (Wildman–Crippen LogP) is 2.66. The Morgan fingerprint density at radius 2 is 2.17 bits per heavy atom. The second-order valence-corrected chi connectivity index (χ2v) is 5.41. The Hall–Kier alpha value is -2.76. The maximum atomic E-state index is 12.2. The van der Waals surface area contributed by atoms with E-state index in [1.165, 1.54) is 0 Å². The highest BCUT2D eigenvalue weighted by Crippen LogP contribution is 2.30. The smallest absolute Gasteiger partial charge is 0.287 e. The topological polar surface area (TPSA) is 80.6 Å². The number of carbonyl (C=O) groups is 2. The first-order valence-corrected chi connectivity index (χ1v) is 7.53. The Morgan fingerprint density at radius 1 is 1.35 bits per heavy atom. The van der Waals surface area contributed by atoms with E-state index >= 15 is 0 Å². The molecule has 0 unspecified atom stereocenters. The van der Waals surface area contributed by atoms with Gasteiger partial charge in [-0.05, 0) is 36.8 Å². The first-order chi connectivity index (χ1) is 11.1. The molecule has 0 saturated carbocycles. The summed E-state index contributed by atoms with van der Waals surface area (Å²) in [7, 11) is 0. The standard InChI is InChI=1S/C17H18N2O4/c1-3-12-5-7-15(23-12)17(21)18-10(2)11-4-6-14-13(8-11)19-16(20)9-22-14/h4-8,10H,3,9H2,1-2H3,(H,18,21)(H,19,20)/t10-/m0/s1. The minimum atomic E-state index is -0.268. The second kappa shape index (κ2) is 6.16. The van der Waals surface area contributed by atoms with Crippen molar-refractivity contribution in [3.8, 4) is 5.75 Å². The largest absolute Gasteiger partial charge is 0.482 e. The number of fused-ring (bicyclic) bond motifs is 1. The van der Waals surface area contributed by atoms with Crippen LogP contribution in [0.1, 0.15) is 41.8 Å². The van der Waals surface area contributed by atoms with E-state index in [1.54, 1.807) is 24.3 Å². The van der Waals surface area contributed by atoms with Gasteiger partial charge in [0.05, 0.1) is 11.7 Å². The lowest BCUT2D eigenvalue weighted by atomic mass is 10.1. The lowest BCUT2D eigenvalue weighted by Gasteiger charge is -2.20. The van der Waals surface area contributed by atoms with Gasteiger partial charge in [0.15, 0.2) is 12.4 Å². The number of furan rings is 1. The summed E-state index contributed by atoms with van der Waals surface area (Å²) in [6, 6.07) is 8.68. The van der Waals surface area contributed by atoms with E-state index in [9.17, 15) is 9.59 Å². The van der Waals surface area contributed by atoms with E-state index in [0.717, 1.165) is 17.7 Å². The summed E-state index contributed by atoms with van der Waals surface area (Å²) in [6.45, 7) is 3.86. The highest BCUT2D eigenvalue weighted by Gasteiger charge is 2.19. The summed E-state index contributed by atoms with van der Waals surface area (Å²) in [6.07, 6.45) is 0.743. The van der Waals surface area contributed by atoms with Gasteiger partial charge in [-0.1, -0.05) is 13.0 Å². The minimum absolute atomic E-state index is 0.0247. The molecule has 1 aromatic carbocycles. The zero-order chi connectivity index (χ0) is 16.4. The van der Waals surface area contributed by atoms with Gasteiger partial charge in [-0.15, -0.1) is 0 Å². The van der Waals surface area contributed by atoms with Gasteiger partial charge in [0, 0.05) is 6.42 Å². The van der Waals surface area contributed by atoms with Gasteiger partial charge in [-0.3, -0.25) is 9.59 Å². The number of rotatable bonds is 4. The number of hydrogen-bond donors (Lipinski definition) is 2. The number of ether oxygens (including phenoxy) is 1. The molecule has 1 aliphatic heterocycles. The van der Waals surface area contributed by atoms with Crippen molar-refractivity contribution in [3.05, 3.63) is 47.4 Å². The third kappa shape index (κ3) is 3.21. The SMILES string of the molecule is CCc1ccc(C(=O)N[C@@H](C)c2ccc3c(c2)NC(=O)CO3)o1. The fraction of sp³-hybridized carbons (Fsp3) is 0.294. The van der Waals surface area contributed by atoms with Crippen LogP contribution in [0.15, 0.2) is 34.7 Å². The summed E-state index contributed by atoms with van der Waals surface area (Å²) < 4.78 is 10.8. The Balaban J connectivity index is 1.73. The monoisotopic (exact) mass is 314 g/mol. The molecule has 0 saturated heterocycles. The Bertz CT molecular complexity index is 751. The number of hydrogen-bond acceptors (Lipinski definition) is 4. The third-order valence-corrected chi connectivity index (χ3v) is 3.72. The van der Waals surface area contributed by atoms with Gasteiger partial charge < -0.3 is 19.8 Å². The normalized spacial score (nSPS) is 14.4. The van der Waals surface area contributed by atoms with Gasteiger partial charge in [0.25, 0.3) is 11.8 Å². The molecule has 0 bridgehead atoms. The molecule has 2 amide bonds. The van der Waals surface area contributed by atoms with Gasteiger partial charge in [0.2, 0.25) is 0 Å². The van der Waals surface area contributed by atoms with Crippen molar-refractivity contribution >= 4 is 17.5 Å². The Morgan fingerprint density at radius 3 is 2.91 bits per heavy atom. The number of carbonyl (C=O) groups excluding carboxylic acids is 2. The Kier molecular flexibility index (Phi) is 4.06. The molecule has 6 heteroatoms. The predicted molar refractivity (Wildman–Crippen MR) is 84.5 cm³/mol. The zero-order valence-electron chi connectivity index (χ0n) is 13.0. The van der Waals surface area contributed by atoms with Gasteiger partial charge >= 0.3 is 0 Å². The van der Waals surface area contributed by atoms with Crippen LogP contribution in [-0.4, -0.2) is 18.4 Å². The van der Waals surface area contributed by atoms with E-state index in [0.29, 0.717) is 17.2 Å². The fourth-order valence-corrected chi connectivity index (χ4v) is 2.41. The van der Waals surface area contributed by atoms with E-state index < -0.39 is 0 Å². The van der Waals surface area contributed by atoms with Crippen LogP contribution in [0.2, 0.25) is 0 Å². The number of aryl methyl sites for hydroxylation is 1. The van der Waals surface area contributed by atoms with Gasteiger partial charge in [-0.2, -0.15) is 0 Å². The van der Waals surface area contributed by atoms with Crippen molar-refractivity contribution in [2.24, 2.45) is 0 Å². The molecule has 1 aliphatic rings. The van der Waals surface area contributed by atoms with Crippen molar-refractivity contribution in [2.75, 3.05) is 11.9 Å². The molecule has 0 spiro atoms. The average molecular weight is 314 g/mol. The summed E-state index contributed by atoms with van der Waals surface area (Å²) in [4.78, 5) is 23.6. The van der Waals surface area contributed by atoms with Crippen LogP contribution in [0.25, 0.3) is 0 Å². The first kappa shape index (κ1) is 15.1. The molecular formula is C17H18N2O4. The first-order valence-electron chi connectivity index (χ1n) is 7.53. The van der Waals surface area contributed by atoms with Crippen molar-refractivity contribution in [2.45, 2.75) is 26.3 Å². The van der Waals surface area contributed by atoms with Crippen molar-refractivity contribution in [1.29, 1.82) is 0 Å². The van der Waals surface area contributed by atoms with E-state index in [2.05, 4.69) is 10.6 Å². The quantitative estimate of drug-likeness (QED) is 0.909. The molecular weight excluding hydrogens is 296 g/mol. The molecule has 0 radical (unpaired) electrons. The van der Waals surface area contributed by atoms with Crippen LogP contribution < -0.4 is 15.4 Å². The van der Waals surface area contributed by atoms with Crippen LogP contribution in [0.4, 0.5) is 5.69 Å². The molecule has 2 N–H and O–H groups in total. The highest BCUT2D eigenvalue weighted by molar-refractivity contribution is 5.95. The molecule has 1 aromatic heterocycles. The maximum absolute atomic E-state index is 12.2. The molecule has 6 nitrogen and oxygen atoms in total. The summed E-state index contributed by atoms with van der Waals surface area (Å²) in [5, 5.41) is 5.64. The summed E-state index contributed by atoms with van der Waals surface area (Å²) >= 11 is 0. The van der Waals surface area contributed by atoms with Crippen LogP contribution in [-0.2, 0) is 11.2 Å². The van der Waals surface area contributed by atoms with Crippen LogP contribution in [0.5, 0.6) is 5.75 Å². The lowest BCUT2D eigenvalue weighted by molar-refractivity contribution is -0.118. The van der Waals surface area contributed by atoms with Crippen molar-refractivity contribution in [3.63, 3.8) is 0 Å². The second-order valence-electron chi connectivity index (χ2n) is 5.41. The fourth-order valence-electron chi connectivity index (χ4n) is 2.41. The minimum Gasteiger partial charge on any atom is -0.482 e. The molecule has 23 heavy (non-hydrogen) atoms. The average Bonchev–Trinajstić information content (AvgIpc) is 3.03. The van der Waals surface area contributed by atoms with Gasteiger partial charge in [0.1, 0.15) is 11.5 Å². The molecule has 0 aliphatic carbocycles. The molecule has 2 aromatic rings. The third-order valence-electron chi connectivity index (χ3n) is 3.72. The molecule has 120 valence electrons. The number of amides is 2. The Labute approximate surface area is 133 Å². The van der Waals surface area contributed by atoms with Crippen molar-refractivity contribution in [1.82, 2.24) is 5.32 Å². The molecule has 1 atom stereocenters. The number of nitrogens with one attached hydrogen (secondary N) is 2. The molecule has 2 heterocycles. The maximum Gasteiger partial charge on any atom is 0.287 e. The van der Waals surface area contributed by atoms with E-state index in [1.807, 2.05) is 19.9 Å². The lowest BCUT2D eigenvalue weighted by Crippen LogP contribution is -2.28. The van der Waals surface area contributed by atoms with E-state index in [4.69, 9.17) is 9.15 Å². The van der Waals surface area contributed by atoms with Gasteiger partial charge in [-0.25, -0.2) is 0 Å². The number of benzene rings is 1. The van der Waals surface area contributed by atoms with Crippen LogP contribution >= 0.6 is 0 Å². The van der Waals surface area contributed by atoms with Crippen LogP contribution in [0, 0.1) is 0 Å². The summed E-state index contributed by atoms with van der Waals surface area (Å²) in [5.41, 5.74) is 1.48. The molecule has 0 fully saturated rings. The van der Waals surface area contributed by atoms with Crippen LogP contribution in [0.3, 0.4) is 0 Å². The molecule has 3 rings (SSSR count). The summed E-state index contributed by atoms with van der Waals surface area (Å²) in [5.74, 6) is 1.24. The van der Waals surface area contributed by atoms with E-state index in [-0.39, 0.29) is 24.5 Å². The van der Waals surface area contributed by atoms with Crippen molar-refractivity contribution < 1.29 is 18.7 Å². The number of anilines is 1. The highest BCUT2D eigenvalue weighted by atomic mass is 16.5.